The molecular weight excluding hydrogens is 228 g/mol. The molecule has 2 saturated carbocycles. The Morgan fingerprint density at radius 2 is 1.72 bits per heavy atom. The lowest BCUT2D eigenvalue weighted by molar-refractivity contribution is -0.201. The predicted octanol–water partition coefficient (Wildman–Crippen LogP) is 3.21. The van der Waals surface area contributed by atoms with Gasteiger partial charge in [-0.3, -0.25) is 4.79 Å². The molecule has 3 nitrogen and oxygen atoms in total. The summed E-state index contributed by atoms with van der Waals surface area (Å²) in [5, 5.41) is 0. The van der Waals surface area contributed by atoms with Crippen LogP contribution in [0, 0.1) is 5.92 Å². The van der Waals surface area contributed by atoms with Crippen LogP contribution in [0.2, 0.25) is 0 Å². The number of rotatable bonds is 4. The van der Waals surface area contributed by atoms with Crippen LogP contribution in [0.3, 0.4) is 0 Å². The normalized spacial score (nSPS) is 32.1. The van der Waals surface area contributed by atoms with Gasteiger partial charge in [-0.05, 0) is 44.9 Å². The van der Waals surface area contributed by atoms with Gasteiger partial charge in [-0.2, -0.15) is 0 Å². The number of ketones is 1. The minimum Gasteiger partial charge on any atom is -0.353 e. The molecule has 0 spiro atoms. The number of hydrogen-bond acceptors (Lipinski definition) is 3. The van der Waals surface area contributed by atoms with Crippen molar-refractivity contribution in [2.24, 2.45) is 5.92 Å². The minimum atomic E-state index is -0.440. The molecule has 0 amide bonds. The summed E-state index contributed by atoms with van der Waals surface area (Å²) in [6.45, 7) is 0.790. The van der Waals surface area contributed by atoms with E-state index in [0.29, 0.717) is 5.78 Å². The highest BCUT2D eigenvalue weighted by Gasteiger charge is 2.54. The van der Waals surface area contributed by atoms with E-state index in [-0.39, 0.29) is 12.2 Å². The van der Waals surface area contributed by atoms with Gasteiger partial charge in [0.15, 0.2) is 12.1 Å². The van der Waals surface area contributed by atoms with Crippen molar-refractivity contribution in [1.82, 2.24) is 0 Å². The minimum absolute atomic E-state index is 0.117. The van der Waals surface area contributed by atoms with E-state index in [1.165, 1.54) is 25.7 Å². The lowest BCUT2D eigenvalue weighted by Gasteiger charge is -2.30. The maximum atomic E-state index is 12.6. The molecule has 1 unspecified atom stereocenters. The molecule has 1 atom stereocenters. The lowest BCUT2D eigenvalue weighted by atomic mass is 9.83. The second kappa shape index (κ2) is 5.30. The maximum Gasteiger partial charge on any atom is 0.167 e. The molecule has 3 aliphatic rings. The van der Waals surface area contributed by atoms with Crippen molar-refractivity contribution in [2.45, 2.75) is 76.1 Å². The molecule has 2 aliphatic carbocycles. The highest BCUT2D eigenvalue weighted by atomic mass is 16.7. The second-order valence-corrected chi connectivity index (χ2v) is 6.11. The van der Waals surface area contributed by atoms with Gasteiger partial charge in [0.25, 0.3) is 0 Å². The average molecular weight is 252 g/mol. The topological polar surface area (TPSA) is 35.5 Å². The first kappa shape index (κ1) is 12.6. The summed E-state index contributed by atoms with van der Waals surface area (Å²) in [6, 6.07) is 0. The molecule has 1 heterocycles. The van der Waals surface area contributed by atoms with Crippen LogP contribution >= 0.6 is 0 Å². The van der Waals surface area contributed by atoms with E-state index in [4.69, 9.17) is 9.47 Å². The molecule has 0 aromatic rings. The zero-order valence-corrected chi connectivity index (χ0v) is 11.2. The molecular formula is C15H24O3. The Balaban J connectivity index is 1.57. The third kappa shape index (κ3) is 2.62. The molecule has 3 fully saturated rings. The van der Waals surface area contributed by atoms with E-state index in [2.05, 4.69) is 0 Å². The quantitative estimate of drug-likeness (QED) is 0.770. The summed E-state index contributed by atoms with van der Waals surface area (Å²) in [6.07, 6.45) is 10.9. The first-order chi connectivity index (χ1) is 8.80. The molecule has 1 saturated heterocycles. The third-order valence-corrected chi connectivity index (χ3v) is 4.62. The highest BCUT2D eigenvalue weighted by Crippen LogP contribution is 2.46. The van der Waals surface area contributed by atoms with Crippen molar-refractivity contribution in [3.8, 4) is 0 Å². The summed E-state index contributed by atoms with van der Waals surface area (Å²) in [4.78, 5) is 12.6. The summed E-state index contributed by atoms with van der Waals surface area (Å²) >= 11 is 0. The fraction of sp³-hybridized carbons (Fsp3) is 0.933. The van der Waals surface area contributed by atoms with E-state index in [1.807, 2.05) is 0 Å². The Hall–Kier alpha value is -0.410. The molecule has 0 radical (unpaired) electrons. The van der Waals surface area contributed by atoms with E-state index < -0.39 is 5.60 Å². The van der Waals surface area contributed by atoms with Crippen molar-refractivity contribution >= 4 is 5.78 Å². The Morgan fingerprint density at radius 1 is 1.00 bits per heavy atom. The Kier molecular flexibility index (Phi) is 3.71. The molecule has 0 bridgehead atoms. The first-order valence-corrected chi connectivity index (χ1v) is 7.64. The smallest absolute Gasteiger partial charge is 0.167 e. The number of carbonyl (C=O) groups excluding carboxylic acids is 1. The Bertz CT molecular complexity index is 297. The van der Waals surface area contributed by atoms with Crippen LogP contribution in [0.15, 0.2) is 0 Å². The standard InChI is InChI=1S/C15H24O3/c16-14(12-6-2-1-3-7-12)15(9-10-15)18-13-8-4-5-11-17-13/h12-13H,1-11H2. The van der Waals surface area contributed by atoms with Gasteiger partial charge in [0.2, 0.25) is 0 Å². The van der Waals surface area contributed by atoms with Crippen molar-refractivity contribution in [3.63, 3.8) is 0 Å². The van der Waals surface area contributed by atoms with Crippen LogP contribution in [0.25, 0.3) is 0 Å². The highest BCUT2D eigenvalue weighted by molar-refractivity contribution is 5.92. The number of hydrogen-bond donors (Lipinski definition) is 0. The third-order valence-electron chi connectivity index (χ3n) is 4.62. The molecule has 0 aromatic heterocycles. The van der Waals surface area contributed by atoms with Crippen LogP contribution in [-0.4, -0.2) is 24.3 Å². The predicted molar refractivity (Wildman–Crippen MR) is 68.2 cm³/mol. The van der Waals surface area contributed by atoms with Gasteiger partial charge in [0.1, 0.15) is 5.60 Å². The SMILES string of the molecule is O=C(C1CCCCC1)C1(OC2CCCCO2)CC1. The number of carbonyl (C=O) groups is 1. The lowest BCUT2D eigenvalue weighted by Crippen LogP contribution is -2.38. The van der Waals surface area contributed by atoms with Crippen LogP contribution < -0.4 is 0 Å². The molecule has 0 aromatic carbocycles. The Morgan fingerprint density at radius 3 is 2.33 bits per heavy atom. The largest absolute Gasteiger partial charge is 0.353 e. The van der Waals surface area contributed by atoms with Crippen LogP contribution in [-0.2, 0) is 14.3 Å². The summed E-state index contributed by atoms with van der Waals surface area (Å²) in [5.74, 6) is 0.654. The molecule has 3 heteroatoms. The van der Waals surface area contributed by atoms with Gasteiger partial charge in [0.05, 0.1) is 0 Å². The molecule has 102 valence electrons. The van der Waals surface area contributed by atoms with Crippen molar-refractivity contribution < 1.29 is 14.3 Å². The van der Waals surface area contributed by atoms with E-state index >= 15 is 0 Å². The molecule has 18 heavy (non-hydrogen) atoms. The maximum absolute atomic E-state index is 12.6. The second-order valence-electron chi connectivity index (χ2n) is 6.11. The van der Waals surface area contributed by atoms with Gasteiger partial charge >= 0.3 is 0 Å². The molecule has 3 rings (SSSR count). The van der Waals surface area contributed by atoms with Crippen LogP contribution in [0.1, 0.15) is 64.2 Å². The number of ether oxygens (including phenoxy) is 2. The average Bonchev–Trinajstić information content (AvgIpc) is 3.21. The van der Waals surface area contributed by atoms with Crippen molar-refractivity contribution in [2.75, 3.05) is 6.61 Å². The van der Waals surface area contributed by atoms with E-state index in [1.54, 1.807) is 0 Å². The molecule has 0 N–H and O–H groups in total. The zero-order valence-electron chi connectivity index (χ0n) is 11.2. The summed E-state index contributed by atoms with van der Waals surface area (Å²) in [5.41, 5.74) is -0.440. The summed E-state index contributed by atoms with van der Waals surface area (Å²) in [7, 11) is 0. The fourth-order valence-corrected chi connectivity index (χ4v) is 3.33. The number of Topliss-reactive ketones (excluding diaryl/α,β-unsaturated/α-hetero) is 1. The molecule has 1 aliphatic heterocycles. The van der Waals surface area contributed by atoms with Gasteiger partial charge in [-0.25, -0.2) is 0 Å². The van der Waals surface area contributed by atoms with Crippen molar-refractivity contribution in [1.29, 1.82) is 0 Å². The Labute approximate surface area is 109 Å². The first-order valence-electron chi connectivity index (χ1n) is 7.64. The van der Waals surface area contributed by atoms with Crippen molar-refractivity contribution in [3.05, 3.63) is 0 Å². The van der Waals surface area contributed by atoms with Gasteiger partial charge in [0, 0.05) is 12.5 Å². The monoisotopic (exact) mass is 252 g/mol. The summed E-state index contributed by atoms with van der Waals surface area (Å²) < 4.78 is 11.6. The van der Waals surface area contributed by atoms with E-state index in [0.717, 1.165) is 45.1 Å². The van der Waals surface area contributed by atoms with Crippen LogP contribution in [0.4, 0.5) is 0 Å². The zero-order chi connectivity index (χ0) is 12.4. The van der Waals surface area contributed by atoms with Crippen LogP contribution in [0.5, 0.6) is 0 Å². The van der Waals surface area contributed by atoms with Gasteiger partial charge < -0.3 is 9.47 Å². The van der Waals surface area contributed by atoms with Gasteiger partial charge in [-0.15, -0.1) is 0 Å². The van der Waals surface area contributed by atoms with Gasteiger partial charge in [-0.1, -0.05) is 19.3 Å². The fourth-order valence-electron chi connectivity index (χ4n) is 3.33. The van der Waals surface area contributed by atoms with E-state index in [9.17, 15) is 4.79 Å².